The summed E-state index contributed by atoms with van der Waals surface area (Å²) in [5, 5.41) is 14.6. The molecule has 1 aliphatic carbocycles. The van der Waals surface area contributed by atoms with Crippen LogP contribution in [-0.4, -0.2) is 31.9 Å². The molecule has 0 aliphatic heterocycles. The topological polar surface area (TPSA) is 75.1 Å². The molecule has 136 valence electrons. The molecule has 0 unspecified atom stereocenters. The average Bonchev–Trinajstić information content (AvgIpc) is 3.02. The van der Waals surface area contributed by atoms with E-state index in [1.807, 2.05) is 12.1 Å². The number of fused-ring (bicyclic) bond motifs is 2. The maximum Gasteiger partial charge on any atom is 0.231 e. The summed E-state index contributed by atoms with van der Waals surface area (Å²) in [5.74, 6) is -0.879. The van der Waals surface area contributed by atoms with E-state index in [0.29, 0.717) is 16.9 Å². The first kappa shape index (κ1) is 15.9. The fourth-order valence-electron chi connectivity index (χ4n) is 3.40. The number of alkyl halides is 1. The lowest BCUT2D eigenvalue weighted by molar-refractivity contribution is -0.117. The van der Waals surface area contributed by atoms with Gasteiger partial charge in [-0.1, -0.05) is 0 Å². The quantitative estimate of drug-likeness (QED) is 0.581. The molecule has 3 aromatic heterocycles. The van der Waals surface area contributed by atoms with E-state index < -0.39 is 12.1 Å². The lowest BCUT2D eigenvalue weighted by Crippen LogP contribution is -2.15. The molecule has 8 heteroatoms. The highest BCUT2D eigenvalue weighted by molar-refractivity contribution is 5.97. The summed E-state index contributed by atoms with van der Waals surface area (Å²) in [6.07, 6.45) is 2.63. The van der Waals surface area contributed by atoms with Gasteiger partial charge in [0.15, 0.2) is 5.82 Å². The molecule has 1 fully saturated rings. The molecule has 2 atom stereocenters. The summed E-state index contributed by atoms with van der Waals surface area (Å²) in [4.78, 5) is 11.9. The van der Waals surface area contributed by atoms with Gasteiger partial charge < -0.3 is 5.32 Å². The number of rotatable bonds is 3. The van der Waals surface area contributed by atoms with E-state index in [0.717, 1.165) is 22.0 Å². The minimum absolute atomic E-state index is 0.267. The normalized spacial score (nSPS) is 18.9. The zero-order valence-electron chi connectivity index (χ0n) is 14.3. The van der Waals surface area contributed by atoms with Gasteiger partial charge in [-0.25, -0.2) is 13.3 Å². The highest BCUT2D eigenvalue weighted by atomic mass is 19.1. The zero-order chi connectivity index (χ0) is 18.7. The Kier molecular flexibility index (Phi) is 3.30. The van der Waals surface area contributed by atoms with Crippen LogP contribution in [0.25, 0.3) is 27.5 Å². The SMILES string of the molecule is Cc1c(F)cc2[nH]ncc2c1-c1ccn2nc(NC(=O)[C@@H]3C[C@@H]3F)cc2c1. The van der Waals surface area contributed by atoms with Gasteiger partial charge in [-0.2, -0.15) is 10.2 Å². The van der Waals surface area contributed by atoms with Crippen molar-refractivity contribution >= 4 is 28.1 Å². The van der Waals surface area contributed by atoms with Crippen molar-refractivity contribution in [2.45, 2.75) is 19.5 Å². The predicted molar refractivity (Wildman–Crippen MR) is 96.6 cm³/mol. The van der Waals surface area contributed by atoms with Crippen LogP contribution in [0.4, 0.5) is 14.6 Å². The van der Waals surface area contributed by atoms with Gasteiger partial charge in [0.1, 0.15) is 12.0 Å². The van der Waals surface area contributed by atoms with Crippen LogP contribution in [0.1, 0.15) is 12.0 Å². The van der Waals surface area contributed by atoms with Crippen LogP contribution in [0.3, 0.4) is 0 Å². The van der Waals surface area contributed by atoms with Crippen molar-refractivity contribution < 1.29 is 13.6 Å². The number of carbonyl (C=O) groups is 1. The highest BCUT2D eigenvalue weighted by Gasteiger charge is 2.43. The van der Waals surface area contributed by atoms with Gasteiger partial charge in [-0.05, 0) is 48.2 Å². The minimum Gasteiger partial charge on any atom is -0.309 e. The lowest BCUT2D eigenvalue weighted by Gasteiger charge is -2.09. The second-order valence-electron chi connectivity index (χ2n) is 6.85. The number of aromatic nitrogens is 4. The highest BCUT2D eigenvalue weighted by Crippen LogP contribution is 2.35. The predicted octanol–water partition coefficient (Wildman–Crippen LogP) is 3.62. The number of pyridine rings is 1. The lowest BCUT2D eigenvalue weighted by atomic mass is 9.97. The number of H-pyrrole nitrogens is 1. The van der Waals surface area contributed by atoms with E-state index >= 15 is 0 Å². The van der Waals surface area contributed by atoms with Crippen molar-refractivity contribution in [2.24, 2.45) is 5.92 Å². The molecule has 2 N–H and O–H groups in total. The molecule has 27 heavy (non-hydrogen) atoms. The molecule has 3 heterocycles. The van der Waals surface area contributed by atoms with Crippen molar-refractivity contribution in [1.82, 2.24) is 19.8 Å². The standard InChI is InChI=1S/C19H15F2N5O/c1-9-14(20)7-16-13(8-22-24-16)18(9)10-2-3-26-11(4-10)5-17(25-26)23-19(27)12-6-15(12)21/h2-5,7-8,12,15H,6H2,1H3,(H,22,24)(H,23,25,27)/t12-,15+/m1/s1. The molecule has 1 aromatic carbocycles. The molecule has 0 bridgehead atoms. The van der Waals surface area contributed by atoms with E-state index in [2.05, 4.69) is 20.6 Å². The molecular formula is C19H15F2N5O. The van der Waals surface area contributed by atoms with E-state index in [1.54, 1.807) is 29.9 Å². The number of anilines is 1. The Hall–Kier alpha value is -3.29. The van der Waals surface area contributed by atoms with E-state index in [1.165, 1.54) is 6.07 Å². The number of aromatic amines is 1. The van der Waals surface area contributed by atoms with Crippen LogP contribution >= 0.6 is 0 Å². The Balaban J connectivity index is 1.56. The third kappa shape index (κ3) is 2.56. The second-order valence-corrected chi connectivity index (χ2v) is 6.85. The number of amides is 1. The van der Waals surface area contributed by atoms with E-state index in [-0.39, 0.29) is 18.1 Å². The molecular weight excluding hydrogens is 352 g/mol. The van der Waals surface area contributed by atoms with Crippen molar-refractivity contribution in [3.05, 3.63) is 48.0 Å². The number of nitrogens with one attached hydrogen (secondary N) is 2. The van der Waals surface area contributed by atoms with Gasteiger partial charge in [-0.3, -0.25) is 9.89 Å². The van der Waals surface area contributed by atoms with Crippen molar-refractivity contribution in [3.8, 4) is 11.1 Å². The largest absolute Gasteiger partial charge is 0.309 e. The van der Waals surface area contributed by atoms with E-state index in [9.17, 15) is 13.6 Å². The molecule has 0 spiro atoms. The fourth-order valence-corrected chi connectivity index (χ4v) is 3.40. The van der Waals surface area contributed by atoms with Crippen LogP contribution in [0.15, 0.2) is 36.7 Å². The third-order valence-electron chi connectivity index (χ3n) is 5.00. The van der Waals surface area contributed by atoms with Crippen LogP contribution in [-0.2, 0) is 4.79 Å². The summed E-state index contributed by atoms with van der Waals surface area (Å²) in [6, 6.07) is 6.84. The van der Waals surface area contributed by atoms with Gasteiger partial charge in [0.05, 0.1) is 23.1 Å². The maximum absolute atomic E-state index is 14.3. The first-order valence-electron chi connectivity index (χ1n) is 8.58. The summed E-state index contributed by atoms with van der Waals surface area (Å²) in [7, 11) is 0. The van der Waals surface area contributed by atoms with E-state index in [4.69, 9.17) is 0 Å². The number of hydrogen-bond donors (Lipinski definition) is 2. The summed E-state index contributed by atoms with van der Waals surface area (Å²) in [5.41, 5.74) is 3.46. The van der Waals surface area contributed by atoms with Gasteiger partial charge in [-0.15, -0.1) is 0 Å². The molecule has 5 rings (SSSR count). The zero-order valence-corrected chi connectivity index (χ0v) is 14.3. The summed E-state index contributed by atoms with van der Waals surface area (Å²) >= 11 is 0. The monoisotopic (exact) mass is 367 g/mol. The number of nitrogens with zero attached hydrogens (tertiary/aromatic N) is 3. The van der Waals surface area contributed by atoms with Gasteiger partial charge in [0.2, 0.25) is 5.91 Å². The Labute approximate surface area is 152 Å². The molecule has 0 saturated heterocycles. The van der Waals surface area contributed by atoms with Crippen molar-refractivity contribution in [3.63, 3.8) is 0 Å². The van der Waals surface area contributed by atoms with Crippen LogP contribution in [0, 0.1) is 18.7 Å². The molecule has 6 nitrogen and oxygen atoms in total. The second kappa shape index (κ2) is 5.60. The Morgan fingerprint density at radius 2 is 2.19 bits per heavy atom. The van der Waals surface area contributed by atoms with Crippen molar-refractivity contribution in [1.29, 1.82) is 0 Å². The van der Waals surface area contributed by atoms with Gasteiger partial charge in [0.25, 0.3) is 0 Å². The minimum atomic E-state index is -1.05. The number of hydrogen-bond acceptors (Lipinski definition) is 3. The third-order valence-corrected chi connectivity index (χ3v) is 5.00. The summed E-state index contributed by atoms with van der Waals surface area (Å²) < 4.78 is 28.9. The Morgan fingerprint density at radius 1 is 1.37 bits per heavy atom. The summed E-state index contributed by atoms with van der Waals surface area (Å²) in [6.45, 7) is 1.73. The first-order chi connectivity index (χ1) is 13.0. The molecule has 1 aliphatic rings. The first-order valence-corrected chi connectivity index (χ1v) is 8.58. The molecule has 0 radical (unpaired) electrons. The molecule has 4 aromatic rings. The number of benzene rings is 1. The molecule has 1 saturated carbocycles. The fraction of sp³-hybridized carbons (Fsp3) is 0.211. The van der Waals surface area contributed by atoms with Gasteiger partial charge >= 0.3 is 0 Å². The van der Waals surface area contributed by atoms with Crippen LogP contribution < -0.4 is 5.32 Å². The smallest absolute Gasteiger partial charge is 0.231 e. The number of carbonyl (C=O) groups excluding carboxylic acids is 1. The Morgan fingerprint density at radius 3 is 2.96 bits per heavy atom. The number of halogens is 2. The van der Waals surface area contributed by atoms with Crippen LogP contribution in [0.2, 0.25) is 0 Å². The Bertz CT molecular complexity index is 1210. The molecule has 1 amide bonds. The van der Waals surface area contributed by atoms with Gasteiger partial charge in [0, 0.05) is 17.6 Å². The van der Waals surface area contributed by atoms with Crippen LogP contribution in [0.5, 0.6) is 0 Å². The maximum atomic E-state index is 14.3. The van der Waals surface area contributed by atoms with Crippen molar-refractivity contribution in [2.75, 3.05) is 5.32 Å². The average molecular weight is 367 g/mol.